The van der Waals surface area contributed by atoms with Crippen LogP contribution in [0.2, 0.25) is 0 Å². The Bertz CT molecular complexity index is 1490. The van der Waals surface area contributed by atoms with Crippen LogP contribution < -0.4 is 19.1 Å². The third-order valence-corrected chi connectivity index (χ3v) is 9.65. The van der Waals surface area contributed by atoms with Crippen LogP contribution in [-0.2, 0) is 26.2 Å². The van der Waals surface area contributed by atoms with Gasteiger partial charge in [-0.15, -0.1) is 0 Å². The van der Waals surface area contributed by atoms with E-state index in [1.165, 1.54) is 37.3 Å². The summed E-state index contributed by atoms with van der Waals surface area (Å²) in [6.07, 6.45) is 5.09. The molecule has 3 aromatic carbocycles. The molecular formula is C33H41N3O6S. The van der Waals surface area contributed by atoms with Gasteiger partial charge in [0.05, 0.1) is 24.8 Å². The molecule has 0 radical (unpaired) electrons. The normalized spacial score (nSPS) is 14.4. The predicted octanol–water partition coefficient (Wildman–Crippen LogP) is 5.07. The van der Waals surface area contributed by atoms with Gasteiger partial charge in [-0.05, 0) is 56.5 Å². The second-order valence-corrected chi connectivity index (χ2v) is 12.8. The number of nitrogens with zero attached hydrogens (tertiary/aromatic N) is 2. The van der Waals surface area contributed by atoms with Gasteiger partial charge in [0.2, 0.25) is 11.8 Å². The Morgan fingerprint density at radius 2 is 1.56 bits per heavy atom. The number of carbonyl (C=O) groups excluding carboxylic acids is 2. The number of carbonyl (C=O) groups is 2. The number of sulfonamides is 1. The third kappa shape index (κ3) is 7.87. The van der Waals surface area contributed by atoms with Gasteiger partial charge in [-0.1, -0.05) is 67.3 Å². The molecule has 2 amide bonds. The van der Waals surface area contributed by atoms with E-state index in [-0.39, 0.29) is 29.1 Å². The molecule has 10 heteroatoms. The van der Waals surface area contributed by atoms with Crippen molar-refractivity contribution in [2.24, 2.45) is 0 Å². The summed E-state index contributed by atoms with van der Waals surface area (Å²) in [5, 5.41) is 3.12. The molecule has 1 N–H and O–H groups in total. The monoisotopic (exact) mass is 607 g/mol. The summed E-state index contributed by atoms with van der Waals surface area (Å²) in [7, 11) is -1.25. The van der Waals surface area contributed by atoms with Crippen molar-refractivity contribution in [3.8, 4) is 11.5 Å². The lowest BCUT2D eigenvalue weighted by atomic mass is 9.95. The molecule has 0 aliphatic heterocycles. The first-order chi connectivity index (χ1) is 20.6. The molecule has 1 atom stereocenters. The number of methoxy groups -OCH3 is 2. The quantitative estimate of drug-likeness (QED) is 0.308. The Morgan fingerprint density at radius 3 is 2.19 bits per heavy atom. The molecule has 1 aliphatic carbocycles. The Balaban J connectivity index is 1.71. The second-order valence-electron chi connectivity index (χ2n) is 10.9. The van der Waals surface area contributed by atoms with Crippen molar-refractivity contribution in [3.63, 3.8) is 0 Å². The molecule has 0 bridgehead atoms. The van der Waals surface area contributed by atoms with Crippen LogP contribution in [0.1, 0.15) is 50.2 Å². The fraction of sp³-hybridized carbons (Fsp3) is 0.394. The summed E-state index contributed by atoms with van der Waals surface area (Å²) in [4.78, 5) is 29.1. The van der Waals surface area contributed by atoms with Crippen LogP contribution in [0.5, 0.6) is 11.5 Å². The van der Waals surface area contributed by atoms with Crippen molar-refractivity contribution < 1.29 is 27.5 Å². The lowest BCUT2D eigenvalue weighted by molar-refractivity contribution is -0.139. The second kappa shape index (κ2) is 14.4. The molecule has 1 aliphatic rings. The number of ether oxygens (including phenoxy) is 2. The van der Waals surface area contributed by atoms with Crippen molar-refractivity contribution in [3.05, 3.63) is 83.9 Å². The summed E-state index contributed by atoms with van der Waals surface area (Å²) in [5.41, 5.74) is 1.96. The van der Waals surface area contributed by atoms with Crippen molar-refractivity contribution in [2.75, 3.05) is 25.1 Å². The summed E-state index contributed by atoms with van der Waals surface area (Å²) in [6, 6.07) is 19.7. The van der Waals surface area contributed by atoms with Gasteiger partial charge in [-0.25, -0.2) is 8.42 Å². The minimum Gasteiger partial charge on any atom is -0.493 e. The molecule has 1 fully saturated rings. The van der Waals surface area contributed by atoms with E-state index in [0.717, 1.165) is 47.5 Å². The molecule has 4 rings (SSSR count). The van der Waals surface area contributed by atoms with E-state index < -0.39 is 28.5 Å². The van der Waals surface area contributed by atoms with Crippen LogP contribution in [-0.4, -0.2) is 58.0 Å². The zero-order valence-electron chi connectivity index (χ0n) is 25.3. The Labute approximate surface area is 254 Å². The zero-order valence-corrected chi connectivity index (χ0v) is 26.1. The molecule has 3 aromatic rings. The van der Waals surface area contributed by atoms with Crippen molar-refractivity contribution in [2.45, 2.75) is 69.5 Å². The van der Waals surface area contributed by atoms with Gasteiger partial charge in [-0.2, -0.15) is 0 Å². The number of aryl methyl sites for hydroxylation is 1. The highest BCUT2D eigenvalue weighted by Crippen LogP contribution is 2.34. The lowest BCUT2D eigenvalue weighted by Crippen LogP contribution is -2.53. The molecule has 0 spiro atoms. The SMILES string of the molecule is COc1ccc(N(CC(=O)N(Cc2ccccc2)[C@H](C)C(=O)NC2CCCCC2)S(=O)(=O)c2ccc(C)cc2)cc1OC. The molecule has 0 aromatic heterocycles. The summed E-state index contributed by atoms with van der Waals surface area (Å²) < 4.78 is 40.0. The van der Waals surface area contributed by atoms with Crippen molar-refractivity contribution >= 4 is 27.5 Å². The first-order valence-corrected chi connectivity index (χ1v) is 16.0. The van der Waals surface area contributed by atoms with Gasteiger partial charge < -0.3 is 19.7 Å². The first kappa shape index (κ1) is 31.9. The first-order valence-electron chi connectivity index (χ1n) is 14.6. The number of hydrogen-bond acceptors (Lipinski definition) is 6. The van der Waals surface area contributed by atoms with E-state index in [1.54, 1.807) is 31.2 Å². The van der Waals surface area contributed by atoms with E-state index in [9.17, 15) is 18.0 Å². The number of hydrogen-bond donors (Lipinski definition) is 1. The zero-order chi connectivity index (χ0) is 31.0. The fourth-order valence-corrected chi connectivity index (χ4v) is 6.68. The number of anilines is 1. The van der Waals surface area contributed by atoms with Crippen molar-refractivity contribution in [1.82, 2.24) is 10.2 Å². The van der Waals surface area contributed by atoms with E-state index in [2.05, 4.69) is 5.32 Å². The van der Waals surface area contributed by atoms with Crippen molar-refractivity contribution in [1.29, 1.82) is 0 Å². The number of benzene rings is 3. The molecule has 0 unspecified atom stereocenters. The van der Waals surface area contributed by atoms with E-state index >= 15 is 0 Å². The lowest BCUT2D eigenvalue weighted by Gasteiger charge is -2.33. The number of amides is 2. The van der Waals surface area contributed by atoms with E-state index in [4.69, 9.17) is 9.47 Å². The summed E-state index contributed by atoms with van der Waals surface area (Å²) >= 11 is 0. The van der Waals surface area contributed by atoms with Gasteiger partial charge in [0, 0.05) is 18.7 Å². The molecule has 230 valence electrons. The molecule has 1 saturated carbocycles. The maximum absolute atomic E-state index is 14.2. The van der Waals surface area contributed by atoms with Crippen LogP contribution in [0.3, 0.4) is 0 Å². The van der Waals surface area contributed by atoms with Gasteiger partial charge in [-0.3, -0.25) is 13.9 Å². The van der Waals surface area contributed by atoms with Gasteiger partial charge in [0.1, 0.15) is 12.6 Å². The highest BCUT2D eigenvalue weighted by atomic mass is 32.2. The van der Waals surface area contributed by atoms with Gasteiger partial charge >= 0.3 is 0 Å². The van der Waals surface area contributed by atoms with Crippen LogP contribution in [0.4, 0.5) is 5.69 Å². The van der Waals surface area contributed by atoms with Gasteiger partial charge in [0.25, 0.3) is 10.0 Å². The number of nitrogens with one attached hydrogen (secondary N) is 1. The molecule has 43 heavy (non-hydrogen) atoms. The standard InChI is InChI=1S/C33H41N3O6S/c1-24-15-18-29(19-16-24)43(39,40)36(28-17-20-30(41-3)31(21-28)42-4)23-32(37)35(22-26-11-7-5-8-12-26)25(2)33(38)34-27-13-9-6-10-14-27/h5,7-8,11-12,15-21,25,27H,6,9-10,13-14,22-23H2,1-4H3,(H,34,38)/t25-/m1/s1. The molecular weight excluding hydrogens is 566 g/mol. The Morgan fingerprint density at radius 1 is 0.907 bits per heavy atom. The van der Waals surface area contributed by atoms with E-state index in [1.807, 2.05) is 37.3 Å². The number of rotatable bonds is 12. The van der Waals surface area contributed by atoms with Crippen LogP contribution >= 0.6 is 0 Å². The molecule has 0 heterocycles. The minimum atomic E-state index is -4.20. The summed E-state index contributed by atoms with van der Waals surface area (Å²) in [6.45, 7) is 3.17. The topological polar surface area (TPSA) is 105 Å². The largest absolute Gasteiger partial charge is 0.493 e. The highest BCUT2D eigenvalue weighted by Gasteiger charge is 2.33. The highest BCUT2D eigenvalue weighted by molar-refractivity contribution is 7.92. The smallest absolute Gasteiger partial charge is 0.264 e. The molecule has 9 nitrogen and oxygen atoms in total. The average molecular weight is 608 g/mol. The fourth-order valence-electron chi connectivity index (χ4n) is 5.28. The average Bonchev–Trinajstić information content (AvgIpc) is 3.02. The maximum atomic E-state index is 14.2. The van der Waals surface area contributed by atoms with Gasteiger partial charge in [0.15, 0.2) is 11.5 Å². The van der Waals surface area contributed by atoms with Crippen LogP contribution in [0.15, 0.2) is 77.7 Å². The molecule has 0 saturated heterocycles. The minimum absolute atomic E-state index is 0.0402. The van der Waals surface area contributed by atoms with Crippen LogP contribution in [0, 0.1) is 6.92 Å². The predicted molar refractivity (Wildman–Crippen MR) is 167 cm³/mol. The third-order valence-electron chi connectivity index (χ3n) is 7.86. The van der Waals surface area contributed by atoms with Crippen LogP contribution in [0.25, 0.3) is 0 Å². The Kier molecular flexibility index (Phi) is 10.7. The van der Waals surface area contributed by atoms with E-state index in [0.29, 0.717) is 11.5 Å². The Hall–Kier alpha value is -4.05. The maximum Gasteiger partial charge on any atom is 0.264 e. The summed E-state index contributed by atoms with van der Waals surface area (Å²) in [5.74, 6) is -0.0299.